The normalized spacial score (nSPS) is 20.6. The summed E-state index contributed by atoms with van der Waals surface area (Å²) >= 11 is 0. The maximum absolute atomic E-state index is 12.4. The Kier molecular flexibility index (Phi) is 5.87. The molecule has 21 heavy (non-hydrogen) atoms. The summed E-state index contributed by atoms with van der Waals surface area (Å²) < 4.78 is 10.5. The van der Waals surface area contributed by atoms with Gasteiger partial charge in [0.15, 0.2) is 11.5 Å². The average molecular weight is 315 g/mol. The van der Waals surface area contributed by atoms with E-state index >= 15 is 0 Å². The number of ether oxygens (including phenoxy) is 2. The van der Waals surface area contributed by atoms with Gasteiger partial charge in [-0.3, -0.25) is 4.79 Å². The molecule has 6 heteroatoms. The maximum Gasteiger partial charge on any atom is 0.231 e. The molecule has 0 spiro atoms. The number of aryl methyl sites for hydroxylation is 1. The molecule has 2 N–H and O–H groups in total. The van der Waals surface area contributed by atoms with Gasteiger partial charge in [-0.25, -0.2) is 0 Å². The molecule has 1 amide bonds. The molecule has 0 bridgehead atoms. The van der Waals surface area contributed by atoms with Crippen molar-refractivity contribution in [2.45, 2.75) is 20.3 Å². The molecule has 1 fully saturated rings. The smallest absolute Gasteiger partial charge is 0.231 e. The highest BCUT2D eigenvalue weighted by atomic mass is 35.5. The van der Waals surface area contributed by atoms with Gasteiger partial charge in [0.05, 0.1) is 19.6 Å². The quantitative estimate of drug-likeness (QED) is 0.896. The topological polar surface area (TPSA) is 59.6 Å². The van der Waals surface area contributed by atoms with Crippen LogP contribution in [-0.4, -0.2) is 33.2 Å². The van der Waals surface area contributed by atoms with Gasteiger partial charge >= 0.3 is 0 Å². The number of methoxy groups -OCH3 is 2. The Bertz CT molecular complexity index is 514. The Balaban J connectivity index is 0.00000220. The first-order valence-corrected chi connectivity index (χ1v) is 6.75. The molecule has 0 saturated carbocycles. The molecule has 1 aromatic rings. The minimum Gasteiger partial charge on any atom is -0.493 e. The van der Waals surface area contributed by atoms with Crippen LogP contribution in [0, 0.1) is 12.3 Å². The summed E-state index contributed by atoms with van der Waals surface area (Å²) in [5, 5.41) is 6.23. The van der Waals surface area contributed by atoms with E-state index < -0.39 is 0 Å². The van der Waals surface area contributed by atoms with E-state index in [9.17, 15) is 4.79 Å². The number of hydrogen-bond donors (Lipinski definition) is 2. The van der Waals surface area contributed by atoms with Gasteiger partial charge in [0.1, 0.15) is 0 Å². The fourth-order valence-electron chi connectivity index (χ4n) is 2.40. The lowest BCUT2D eigenvalue weighted by Crippen LogP contribution is -2.35. The molecule has 1 aromatic carbocycles. The zero-order valence-electron chi connectivity index (χ0n) is 12.9. The summed E-state index contributed by atoms with van der Waals surface area (Å²) in [7, 11) is 3.18. The number of benzene rings is 1. The molecule has 1 heterocycles. The molecule has 1 aliphatic heterocycles. The maximum atomic E-state index is 12.4. The average Bonchev–Trinajstić information content (AvgIpc) is 2.88. The zero-order valence-corrected chi connectivity index (χ0v) is 13.7. The minimum absolute atomic E-state index is 0. The van der Waals surface area contributed by atoms with Gasteiger partial charge in [0, 0.05) is 18.3 Å². The molecule has 2 rings (SSSR count). The van der Waals surface area contributed by atoms with Gasteiger partial charge in [-0.1, -0.05) is 0 Å². The fraction of sp³-hybridized carbons (Fsp3) is 0.533. The first kappa shape index (κ1) is 17.6. The van der Waals surface area contributed by atoms with Crippen LogP contribution in [0.5, 0.6) is 11.5 Å². The minimum atomic E-state index is -0.348. The van der Waals surface area contributed by atoms with Gasteiger partial charge < -0.3 is 20.1 Å². The van der Waals surface area contributed by atoms with E-state index in [1.807, 2.05) is 19.9 Å². The molecule has 0 radical (unpaired) electrons. The van der Waals surface area contributed by atoms with Crippen LogP contribution in [0.1, 0.15) is 18.9 Å². The number of carbonyl (C=O) groups excluding carboxylic acids is 1. The van der Waals surface area contributed by atoms with Crippen molar-refractivity contribution < 1.29 is 14.3 Å². The van der Waals surface area contributed by atoms with Crippen LogP contribution in [0.25, 0.3) is 0 Å². The van der Waals surface area contributed by atoms with Gasteiger partial charge in [-0.2, -0.15) is 0 Å². The van der Waals surface area contributed by atoms with Gasteiger partial charge in [-0.05, 0) is 38.4 Å². The van der Waals surface area contributed by atoms with E-state index in [1.54, 1.807) is 20.3 Å². The molecule has 1 aliphatic rings. The third kappa shape index (κ3) is 3.60. The molecule has 1 unspecified atom stereocenters. The summed E-state index contributed by atoms with van der Waals surface area (Å²) in [6.45, 7) is 5.52. The Morgan fingerprint density at radius 3 is 2.43 bits per heavy atom. The summed E-state index contributed by atoms with van der Waals surface area (Å²) in [6.07, 6.45) is 0.852. The summed E-state index contributed by atoms with van der Waals surface area (Å²) in [4.78, 5) is 12.4. The van der Waals surface area contributed by atoms with Crippen LogP contribution in [0.15, 0.2) is 12.1 Å². The summed E-state index contributed by atoms with van der Waals surface area (Å²) in [5.74, 6) is 1.32. The highest BCUT2D eigenvalue weighted by molar-refractivity contribution is 5.96. The van der Waals surface area contributed by atoms with E-state index in [1.165, 1.54) is 0 Å². The molecule has 1 atom stereocenters. The summed E-state index contributed by atoms with van der Waals surface area (Å²) in [5.41, 5.74) is 1.37. The standard InChI is InChI=1S/C15H22N2O3.ClH/c1-10-7-12(19-3)13(20-4)8-11(10)17-14(18)15(2)5-6-16-9-15;/h7-8,16H,5-6,9H2,1-4H3,(H,17,18);1H. The molecular formula is C15H23ClN2O3. The number of halogens is 1. The van der Waals surface area contributed by atoms with Gasteiger partial charge in [-0.15, -0.1) is 12.4 Å². The number of anilines is 1. The Morgan fingerprint density at radius 2 is 1.90 bits per heavy atom. The van der Waals surface area contributed by atoms with Crippen LogP contribution in [0.2, 0.25) is 0 Å². The lowest BCUT2D eigenvalue weighted by Gasteiger charge is -2.22. The molecule has 1 saturated heterocycles. The van der Waals surface area contributed by atoms with Crippen molar-refractivity contribution in [3.05, 3.63) is 17.7 Å². The van der Waals surface area contributed by atoms with E-state index in [0.717, 1.165) is 24.2 Å². The van der Waals surface area contributed by atoms with Gasteiger partial charge in [0.25, 0.3) is 0 Å². The number of nitrogens with one attached hydrogen (secondary N) is 2. The Labute approximate surface area is 131 Å². The lowest BCUT2D eigenvalue weighted by molar-refractivity contribution is -0.123. The molecule has 118 valence electrons. The Morgan fingerprint density at radius 1 is 1.29 bits per heavy atom. The van der Waals surface area contributed by atoms with E-state index in [2.05, 4.69) is 10.6 Å². The van der Waals surface area contributed by atoms with Crippen LogP contribution >= 0.6 is 12.4 Å². The van der Waals surface area contributed by atoms with Crippen LogP contribution in [0.3, 0.4) is 0 Å². The predicted molar refractivity (Wildman–Crippen MR) is 85.8 cm³/mol. The second-order valence-corrected chi connectivity index (χ2v) is 5.46. The second kappa shape index (κ2) is 7.00. The third-order valence-electron chi connectivity index (χ3n) is 3.90. The second-order valence-electron chi connectivity index (χ2n) is 5.46. The largest absolute Gasteiger partial charge is 0.493 e. The SMILES string of the molecule is COc1cc(C)c(NC(=O)C2(C)CCNC2)cc1OC.Cl. The number of hydrogen-bond acceptors (Lipinski definition) is 4. The van der Waals surface area contributed by atoms with Crippen molar-refractivity contribution in [1.82, 2.24) is 5.32 Å². The van der Waals surface area contributed by atoms with Crippen molar-refractivity contribution in [3.63, 3.8) is 0 Å². The number of amides is 1. The number of rotatable bonds is 4. The van der Waals surface area contributed by atoms with Crippen molar-refractivity contribution >= 4 is 24.0 Å². The van der Waals surface area contributed by atoms with E-state index in [0.29, 0.717) is 18.0 Å². The van der Waals surface area contributed by atoms with Crippen molar-refractivity contribution in [3.8, 4) is 11.5 Å². The highest BCUT2D eigenvalue weighted by Crippen LogP contribution is 2.34. The fourth-order valence-corrected chi connectivity index (χ4v) is 2.40. The first-order chi connectivity index (χ1) is 9.50. The van der Waals surface area contributed by atoms with Crippen LogP contribution in [-0.2, 0) is 4.79 Å². The zero-order chi connectivity index (χ0) is 14.8. The lowest BCUT2D eigenvalue weighted by atomic mass is 9.88. The monoisotopic (exact) mass is 314 g/mol. The third-order valence-corrected chi connectivity index (χ3v) is 3.90. The van der Waals surface area contributed by atoms with Crippen molar-refractivity contribution in [2.24, 2.45) is 5.41 Å². The van der Waals surface area contributed by atoms with Crippen molar-refractivity contribution in [2.75, 3.05) is 32.6 Å². The van der Waals surface area contributed by atoms with Gasteiger partial charge in [0.2, 0.25) is 5.91 Å². The molecule has 0 aliphatic carbocycles. The van der Waals surface area contributed by atoms with E-state index in [-0.39, 0.29) is 23.7 Å². The molecule has 0 aromatic heterocycles. The molecular weight excluding hydrogens is 292 g/mol. The van der Waals surface area contributed by atoms with Crippen LogP contribution < -0.4 is 20.1 Å². The number of carbonyl (C=O) groups is 1. The summed E-state index contributed by atoms with van der Waals surface area (Å²) in [6, 6.07) is 3.67. The van der Waals surface area contributed by atoms with E-state index in [4.69, 9.17) is 9.47 Å². The van der Waals surface area contributed by atoms with Crippen LogP contribution in [0.4, 0.5) is 5.69 Å². The first-order valence-electron chi connectivity index (χ1n) is 6.75. The predicted octanol–water partition coefficient (Wildman–Crippen LogP) is 2.37. The van der Waals surface area contributed by atoms with Crippen molar-refractivity contribution in [1.29, 1.82) is 0 Å². The highest BCUT2D eigenvalue weighted by Gasteiger charge is 2.36. The molecule has 5 nitrogen and oxygen atoms in total. The Hall–Kier alpha value is -1.46.